The van der Waals surface area contributed by atoms with Crippen molar-refractivity contribution in [2.45, 2.75) is 58.8 Å². The van der Waals surface area contributed by atoms with Gasteiger partial charge in [-0.1, -0.05) is 49.8 Å². The lowest BCUT2D eigenvalue weighted by atomic mass is 9.84. The molecule has 1 saturated carbocycles. The molecule has 1 aliphatic carbocycles. The maximum absolute atomic E-state index is 12.6. The zero-order valence-corrected chi connectivity index (χ0v) is 11.7. The summed E-state index contributed by atoms with van der Waals surface area (Å²) in [5.41, 5.74) is 3.28. The highest BCUT2D eigenvalue weighted by molar-refractivity contribution is 5.99. The van der Waals surface area contributed by atoms with E-state index in [4.69, 9.17) is 0 Å². The number of hydrogen-bond acceptors (Lipinski definition) is 1. The number of Topliss-reactive ketones (excluding diaryl/α,β-unsaturated/α-hetero) is 1. The van der Waals surface area contributed by atoms with Gasteiger partial charge >= 0.3 is 0 Å². The molecular weight excluding hydrogens is 220 g/mol. The first-order valence-corrected chi connectivity index (χ1v) is 7.30. The number of hydrogen-bond donors (Lipinski definition) is 0. The predicted octanol–water partition coefficient (Wildman–Crippen LogP) is 4.85. The van der Waals surface area contributed by atoms with Crippen LogP contribution < -0.4 is 0 Å². The van der Waals surface area contributed by atoms with E-state index in [1.165, 1.54) is 37.7 Å². The molecular formula is C17H24O. The van der Waals surface area contributed by atoms with Crippen molar-refractivity contribution in [2.75, 3.05) is 0 Å². The minimum absolute atomic E-state index is 0.269. The Morgan fingerprint density at radius 2 is 1.61 bits per heavy atom. The summed E-state index contributed by atoms with van der Waals surface area (Å²) < 4.78 is 0. The Kier molecular flexibility index (Phi) is 4.57. The molecule has 1 nitrogen and oxygen atoms in total. The summed E-state index contributed by atoms with van der Waals surface area (Å²) in [6.45, 7) is 4.12. The molecule has 98 valence electrons. The van der Waals surface area contributed by atoms with Crippen LogP contribution in [0.2, 0.25) is 0 Å². The van der Waals surface area contributed by atoms with Crippen molar-refractivity contribution in [1.29, 1.82) is 0 Å². The zero-order valence-electron chi connectivity index (χ0n) is 11.7. The van der Waals surface area contributed by atoms with Gasteiger partial charge in [0.25, 0.3) is 0 Å². The van der Waals surface area contributed by atoms with Gasteiger partial charge in [0.05, 0.1) is 0 Å². The highest BCUT2D eigenvalue weighted by atomic mass is 16.1. The smallest absolute Gasteiger partial charge is 0.166 e. The molecule has 0 radical (unpaired) electrons. The van der Waals surface area contributed by atoms with Crippen molar-refractivity contribution in [3.8, 4) is 0 Å². The van der Waals surface area contributed by atoms with Gasteiger partial charge in [-0.25, -0.2) is 0 Å². The van der Waals surface area contributed by atoms with Crippen molar-refractivity contribution in [3.63, 3.8) is 0 Å². The number of ketones is 1. The lowest BCUT2D eigenvalue weighted by Crippen LogP contribution is -2.17. The number of carbonyl (C=O) groups is 1. The topological polar surface area (TPSA) is 17.1 Å². The Bertz CT molecular complexity index is 412. The van der Waals surface area contributed by atoms with E-state index in [0.717, 1.165) is 24.0 Å². The number of benzene rings is 1. The van der Waals surface area contributed by atoms with Crippen LogP contribution in [-0.4, -0.2) is 5.78 Å². The number of carbonyl (C=O) groups excluding carboxylic acids is 1. The summed E-state index contributed by atoms with van der Waals surface area (Å²) in [6, 6.07) is 6.23. The Balaban J connectivity index is 2.15. The van der Waals surface area contributed by atoms with Gasteiger partial charge in [-0.2, -0.15) is 0 Å². The fourth-order valence-electron chi connectivity index (χ4n) is 2.94. The van der Waals surface area contributed by atoms with Gasteiger partial charge in [0.15, 0.2) is 5.78 Å². The van der Waals surface area contributed by atoms with E-state index in [9.17, 15) is 4.79 Å². The van der Waals surface area contributed by atoms with E-state index >= 15 is 0 Å². The molecule has 0 unspecified atom stereocenters. The summed E-state index contributed by atoms with van der Waals surface area (Å²) in [4.78, 5) is 12.6. The van der Waals surface area contributed by atoms with Gasteiger partial charge in [0.1, 0.15) is 0 Å². The molecule has 0 aromatic heterocycles. The van der Waals surface area contributed by atoms with Crippen molar-refractivity contribution < 1.29 is 4.79 Å². The summed E-state index contributed by atoms with van der Waals surface area (Å²) >= 11 is 0. The van der Waals surface area contributed by atoms with Gasteiger partial charge in [0, 0.05) is 11.5 Å². The van der Waals surface area contributed by atoms with Crippen LogP contribution in [0.3, 0.4) is 0 Å². The molecule has 0 spiro atoms. The lowest BCUT2D eigenvalue weighted by Gasteiger charge is -2.19. The normalized spacial score (nSPS) is 18.1. The maximum atomic E-state index is 12.6. The van der Waals surface area contributed by atoms with Gasteiger partial charge < -0.3 is 0 Å². The standard InChI is InChI=1S/C17H24O/c1-13-10-11-14(2)16(12-13)17(18)15-8-6-4-3-5-7-9-15/h10-12,15H,3-9H2,1-2H3. The van der Waals surface area contributed by atoms with Crippen molar-refractivity contribution in [1.82, 2.24) is 0 Å². The van der Waals surface area contributed by atoms with E-state index in [-0.39, 0.29) is 5.92 Å². The lowest BCUT2D eigenvalue weighted by molar-refractivity contribution is 0.0897. The molecule has 0 amide bonds. The zero-order chi connectivity index (χ0) is 13.0. The van der Waals surface area contributed by atoms with Crippen molar-refractivity contribution in [3.05, 3.63) is 34.9 Å². The third-order valence-corrected chi connectivity index (χ3v) is 4.13. The monoisotopic (exact) mass is 244 g/mol. The summed E-state index contributed by atoms with van der Waals surface area (Å²) in [5, 5.41) is 0. The number of rotatable bonds is 2. The Morgan fingerprint density at radius 3 is 2.28 bits per heavy atom. The minimum Gasteiger partial charge on any atom is -0.294 e. The Labute approximate surface area is 111 Å². The Hall–Kier alpha value is -1.11. The van der Waals surface area contributed by atoms with Gasteiger partial charge in [0.2, 0.25) is 0 Å². The van der Waals surface area contributed by atoms with Crippen molar-refractivity contribution >= 4 is 5.78 Å². The summed E-state index contributed by atoms with van der Waals surface area (Å²) in [5.74, 6) is 0.656. The molecule has 0 aliphatic heterocycles. The molecule has 0 bridgehead atoms. The van der Waals surface area contributed by atoms with Gasteiger partial charge in [-0.05, 0) is 38.3 Å². The molecule has 1 aromatic carbocycles. The largest absolute Gasteiger partial charge is 0.294 e. The van der Waals surface area contributed by atoms with Crippen LogP contribution in [0.1, 0.15) is 66.4 Å². The van der Waals surface area contributed by atoms with E-state index in [1.807, 2.05) is 0 Å². The first-order chi connectivity index (χ1) is 8.68. The van der Waals surface area contributed by atoms with Crippen LogP contribution in [0.15, 0.2) is 18.2 Å². The van der Waals surface area contributed by atoms with Crippen LogP contribution in [0.4, 0.5) is 0 Å². The SMILES string of the molecule is Cc1ccc(C)c(C(=O)C2CCCCCCC2)c1. The molecule has 1 aromatic rings. The number of aryl methyl sites for hydroxylation is 2. The molecule has 0 saturated heterocycles. The van der Waals surface area contributed by atoms with E-state index in [2.05, 4.69) is 32.0 Å². The van der Waals surface area contributed by atoms with Crippen LogP contribution in [0.25, 0.3) is 0 Å². The Morgan fingerprint density at radius 1 is 1.00 bits per heavy atom. The molecule has 1 heteroatoms. The van der Waals surface area contributed by atoms with Gasteiger partial charge in [-0.15, -0.1) is 0 Å². The summed E-state index contributed by atoms with van der Waals surface area (Å²) in [6.07, 6.45) is 8.58. The molecule has 1 aliphatic rings. The third kappa shape index (κ3) is 3.22. The quantitative estimate of drug-likeness (QED) is 0.680. The fourth-order valence-corrected chi connectivity index (χ4v) is 2.94. The predicted molar refractivity (Wildman–Crippen MR) is 76.1 cm³/mol. The van der Waals surface area contributed by atoms with Crippen molar-refractivity contribution in [2.24, 2.45) is 5.92 Å². The average molecular weight is 244 g/mol. The molecule has 0 atom stereocenters. The van der Waals surface area contributed by atoms with Crippen LogP contribution >= 0.6 is 0 Å². The van der Waals surface area contributed by atoms with Crippen LogP contribution in [0.5, 0.6) is 0 Å². The van der Waals surface area contributed by atoms with E-state index in [1.54, 1.807) is 0 Å². The molecule has 0 heterocycles. The van der Waals surface area contributed by atoms with Crippen LogP contribution in [0, 0.1) is 19.8 Å². The first-order valence-electron chi connectivity index (χ1n) is 7.30. The second-order valence-electron chi connectivity index (χ2n) is 5.72. The average Bonchev–Trinajstić information content (AvgIpc) is 2.31. The van der Waals surface area contributed by atoms with Crippen LogP contribution in [-0.2, 0) is 0 Å². The second-order valence-corrected chi connectivity index (χ2v) is 5.72. The molecule has 2 rings (SSSR count). The molecule has 1 fully saturated rings. The molecule has 18 heavy (non-hydrogen) atoms. The maximum Gasteiger partial charge on any atom is 0.166 e. The highest BCUT2D eigenvalue weighted by Crippen LogP contribution is 2.26. The third-order valence-electron chi connectivity index (χ3n) is 4.13. The molecule has 0 N–H and O–H groups in total. The van der Waals surface area contributed by atoms with E-state index < -0.39 is 0 Å². The van der Waals surface area contributed by atoms with Gasteiger partial charge in [-0.3, -0.25) is 4.79 Å². The minimum atomic E-state index is 0.269. The fraction of sp³-hybridized carbons (Fsp3) is 0.588. The van der Waals surface area contributed by atoms with E-state index in [0.29, 0.717) is 5.78 Å². The second kappa shape index (κ2) is 6.17. The first kappa shape index (κ1) is 13.3. The highest BCUT2D eigenvalue weighted by Gasteiger charge is 2.21. The summed E-state index contributed by atoms with van der Waals surface area (Å²) in [7, 11) is 0.